The molecule has 4 rings (SSSR count). The standard InChI is InChI=1S/C19H18N4O3/c1-12-21-16(10-18(24)22-12)17-11-26-9-8-23(17)19(25)14-4-2-6-15-13(14)5-3-7-20-15/h2-7,10,17H,8-9,11H2,1H3,(H,21,22,24). The van der Waals surface area contributed by atoms with Crippen LogP contribution >= 0.6 is 0 Å². The molecule has 0 radical (unpaired) electrons. The molecule has 1 N–H and O–H groups in total. The molecule has 1 atom stereocenters. The Hall–Kier alpha value is -3.06. The van der Waals surface area contributed by atoms with E-state index >= 15 is 0 Å². The van der Waals surface area contributed by atoms with Gasteiger partial charge in [-0.3, -0.25) is 14.6 Å². The fourth-order valence-electron chi connectivity index (χ4n) is 3.31. The average molecular weight is 350 g/mol. The van der Waals surface area contributed by atoms with Gasteiger partial charge in [0.25, 0.3) is 11.5 Å². The van der Waals surface area contributed by atoms with Gasteiger partial charge in [-0.05, 0) is 25.1 Å². The van der Waals surface area contributed by atoms with Crippen molar-refractivity contribution in [2.45, 2.75) is 13.0 Å². The molecule has 2 aromatic heterocycles. The molecule has 0 aliphatic carbocycles. The van der Waals surface area contributed by atoms with E-state index in [4.69, 9.17) is 4.74 Å². The first kappa shape index (κ1) is 16.4. The number of H-pyrrole nitrogens is 1. The largest absolute Gasteiger partial charge is 0.377 e. The first-order valence-electron chi connectivity index (χ1n) is 8.44. The minimum atomic E-state index is -0.399. The van der Waals surface area contributed by atoms with Crippen LogP contribution in [-0.2, 0) is 4.74 Å². The Balaban J connectivity index is 1.76. The monoisotopic (exact) mass is 350 g/mol. The number of benzene rings is 1. The number of nitrogens with zero attached hydrogens (tertiary/aromatic N) is 3. The number of ether oxygens (including phenoxy) is 1. The van der Waals surface area contributed by atoms with E-state index in [-0.39, 0.29) is 11.5 Å². The zero-order chi connectivity index (χ0) is 18.1. The number of morpholine rings is 1. The summed E-state index contributed by atoms with van der Waals surface area (Å²) in [6, 6.07) is 10.2. The second kappa shape index (κ2) is 6.68. The van der Waals surface area contributed by atoms with Gasteiger partial charge in [0.1, 0.15) is 5.82 Å². The SMILES string of the molecule is Cc1nc(C2COCCN2C(=O)c2cccc3ncccc23)cc(=O)[nH]1. The van der Waals surface area contributed by atoms with Gasteiger partial charge in [-0.1, -0.05) is 12.1 Å². The number of aryl methyl sites for hydroxylation is 1. The summed E-state index contributed by atoms with van der Waals surface area (Å²) in [4.78, 5) is 38.2. The Morgan fingerprint density at radius 1 is 1.31 bits per heavy atom. The summed E-state index contributed by atoms with van der Waals surface area (Å²) < 4.78 is 5.56. The van der Waals surface area contributed by atoms with E-state index in [2.05, 4.69) is 15.0 Å². The van der Waals surface area contributed by atoms with Gasteiger partial charge < -0.3 is 14.6 Å². The lowest BCUT2D eigenvalue weighted by atomic mass is 10.0. The molecule has 0 bridgehead atoms. The maximum atomic E-state index is 13.3. The lowest BCUT2D eigenvalue weighted by molar-refractivity contribution is -0.00390. The Bertz CT molecular complexity index is 1030. The number of hydrogen-bond donors (Lipinski definition) is 1. The highest BCUT2D eigenvalue weighted by Crippen LogP contribution is 2.26. The van der Waals surface area contributed by atoms with Gasteiger partial charge >= 0.3 is 0 Å². The molecule has 3 heterocycles. The summed E-state index contributed by atoms with van der Waals surface area (Å²) in [6.45, 7) is 2.92. The highest BCUT2D eigenvalue weighted by Gasteiger charge is 2.31. The Labute approximate surface area is 149 Å². The number of carbonyl (C=O) groups excluding carboxylic acids is 1. The van der Waals surface area contributed by atoms with E-state index in [1.165, 1.54) is 6.07 Å². The highest BCUT2D eigenvalue weighted by molar-refractivity contribution is 6.06. The number of hydrogen-bond acceptors (Lipinski definition) is 5. The molecule has 132 valence electrons. The van der Waals surface area contributed by atoms with Crippen molar-refractivity contribution in [3.8, 4) is 0 Å². The molecular weight excluding hydrogens is 332 g/mol. The zero-order valence-electron chi connectivity index (χ0n) is 14.3. The Morgan fingerprint density at radius 3 is 3.04 bits per heavy atom. The van der Waals surface area contributed by atoms with Crippen molar-refractivity contribution in [3.05, 3.63) is 70.0 Å². The molecule has 3 aromatic rings. The van der Waals surface area contributed by atoms with Gasteiger partial charge in [-0.2, -0.15) is 0 Å². The van der Waals surface area contributed by atoms with Gasteiger partial charge in [0.05, 0.1) is 30.5 Å². The van der Waals surface area contributed by atoms with Crippen LogP contribution in [0.3, 0.4) is 0 Å². The molecule has 0 saturated carbocycles. The Kier molecular flexibility index (Phi) is 4.22. The second-order valence-corrected chi connectivity index (χ2v) is 6.22. The van der Waals surface area contributed by atoms with Crippen molar-refractivity contribution in [3.63, 3.8) is 0 Å². The molecule has 1 aromatic carbocycles. The molecule has 1 saturated heterocycles. The number of aromatic nitrogens is 3. The zero-order valence-corrected chi connectivity index (χ0v) is 14.3. The summed E-state index contributed by atoms with van der Waals surface area (Å²) in [5, 5.41) is 0.806. The lowest BCUT2D eigenvalue weighted by Gasteiger charge is -2.35. The number of nitrogens with one attached hydrogen (secondary N) is 1. The molecule has 1 fully saturated rings. The van der Waals surface area contributed by atoms with E-state index < -0.39 is 6.04 Å². The topological polar surface area (TPSA) is 88.2 Å². The fourth-order valence-corrected chi connectivity index (χ4v) is 3.31. The van der Waals surface area contributed by atoms with Crippen LogP contribution in [0.4, 0.5) is 0 Å². The van der Waals surface area contributed by atoms with Gasteiger partial charge in [0, 0.05) is 29.8 Å². The van der Waals surface area contributed by atoms with E-state index in [0.717, 1.165) is 10.9 Å². The van der Waals surface area contributed by atoms with Gasteiger partial charge in [-0.25, -0.2) is 4.98 Å². The third kappa shape index (κ3) is 2.97. The maximum Gasteiger partial charge on any atom is 0.255 e. The molecular formula is C19H18N4O3. The van der Waals surface area contributed by atoms with Gasteiger partial charge in [0.15, 0.2) is 0 Å². The average Bonchev–Trinajstić information content (AvgIpc) is 2.66. The van der Waals surface area contributed by atoms with E-state index in [0.29, 0.717) is 36.8 Å². The normalized spacial score (nSPS) is 17.4. The van der Waals surface area contributed by atoms with E-state index in [1.807, 2.05) is 24.3 Å². The van der Waals surface area contributed by atoms with Crippen LogP contribution < -0.4 is 5.56 Å². The number of rotatable bonds is 2. The third-order valence-corrected chi connectivity index (χ3v) is 4.49. The Morgan fingerprint density at radius 2 is 2.19 bits per heavy atom. The second-order valence-electron chi connectivity index (χ2n) is 6.22. The highest BCUT2D eigenvalue weighted by atomic mass is 16.5. The number of fused-ring (bicyclic) bond motifs is 1. The summed E-state index contributed by atoms with van der Waals surface area (Å²) in [5.41, 5.74) is 1.66. The summed E-state index contributed by atoms with van der Waals surface area (Å²) in [7, 11) is 0. The number of aromatic amines is 1. The van der Waals surface area contributed by atoms with Crippen molar-refractivity contribution in [1.82, 2.24) is 19.9 Å². The maximum absolute atomic E-state index is 13.3. The first-order chi connectivity index (χ1) is 12.6. The molecule has 7 nitrogen and oxygen atoms in total. The van der Waals surface area contributed by atoms with Crippen LogP contribution in [0.5, 0.6) is 0 Å². The van der Waals surface area contributed by atoms with E-state index in [9.17, 15) is 9.59 Å². The number of carbonyl (C=O) groups is 1. The minimum Gasteiger partial charge on any atom is -0.377 e. The summed E-state index contributed by atoms with van der Waals surface area (Å²) in [5.74, 6) is 0.400. The van der Waals surface area contributed by atoms with Gasteiger partial charge in [-0.15, -0.1) is 0 Å². The number of pyridine rings is 1. The molecule has 1 amide bonds. The van der Waals surface area contributed by atoms with Crippen LogP contribution in [0.15, 0.2) is 47.4 Å². The lowest BCUT2D eigenvalue weighted by Crippen LogP contribution is -2.44. The van der Waals surface area contributed by atoms with Crippen LogP contribution in [-0.4, -0.2) is 45.5 Å². The van der Waals surface area contributed by atoms with Crippen molar-refractivity contribution >= 4 is 16.8 Å². The van der Waals surface area contributed by atoms with Crippen molar-refractivity contribution in [1.29, 1.82) is 0 Å². The molecule has 7 heteroatoms. The molecule has 1 unspecified atom stereocenters. The predicted octanol–water partition coefficient (Wildman–Crippen LogP) is 1.84. The van der Waals surface area contributed by atoms with Crippen LogP contribution in [0.2, 0.25) is 0 Å². The molecule has 1 aliphatic rings. The van der Waals surface area contributed by atoms with Crippen LogP contribution in [0.1, 0.15) is 27.9 Å². The van der Waals surface area contributed by atoms with Crippen LogP contribution in [0, 0.1) is 6.92 Å². The quantitative estimate of drug-likeness (QED) is 0.762. The minimum absolute atomic E-state index is 0.114. The molecule has 1 aliphatic heterocycles. The molecule has 0 spiro atoms. The summed E-state index contributed by atoms with van der Waals surface area (Å²) in [6.07, 6.45) is 1.71. The van der Waals surface area contributed by atoms with Crippen molar-refractivity contribution in [2.24, 2.45) is 0 Å². The van der Waals surface area contributed by atoms with Crippen LogP contribution in [0.25, 0.3) is 10.9 Å². The number of amides is 1. The fraction of sp³-hybridized carbons (Fsp3) is 0.263. The van der Waals surface area contributed by atoms with E-state index in [1.54, 1.807) is 24.1 Å². The van der Waals surface area contributed by atoms with Crippen molar-refractivity contribution < 1.29 is 9.53 Å². The van der Waals surface area contributed by atoms with Crippen molar-refractivity contribution in [2.75, 3.05) is 19.8 Å². The predicted molar refractivity (Wildman–Crippen MR) is 95.9 cm³/mol. The third-order valence-electron chi connectivity index (χ3n) is 4.49. The first-order valence-corrected chi connectivity index (χ1v) is 8.44. The summed E-state index contributed by atoms with van der Waals surface area (Å²) >= 11 is 0. The smallest absolute Gasteiger partial charge is 0.255 e. The van der Waals surface area contributed by atoms with Gasteiger partial charge in [0.2, 0.25) is 0 Å². The molecule has 26 heavy (non-hydrogen) atoms.